The third-order valence-corrected chi connectivity index (χ3v) is 5.12. The van der Waals surface area contributed by atoms with Gasteiger partial charge < -0.3 is 10.1 Å². The Labute approximate surface area is 156 Å². The molecule has 1 amide bonds. The molecule has 0 aliphatic heterocycles. The quantitative estimate of drug-likeness (QED) is 0.548. The van der Waals surface area contributed by atoms with Gasteiger partial charge in [0.25, 0.3) is 21.6 Å². The molecule has 0 aliphatic carbocycles. The summed E-state index contributed by atoms with van der Waals surface area (Å²) in [5, 5.41) is 13.3. The zero-order valence-electron chi connectivity index (χ0n) is 14.9. The van der Waals surface area contributed by atoms with Crippen molar-refractivity contribution in [3.63, 3.8) is 0 Å². The highest BCUT2D eigenvalue weighted by molar-refractivity contribution is 7.92. The molecule has 2 aromatic carbocycles. The lowest BCUT2D eigenvalue weighted by atomic mass is 10.2. The van der Waals surface area contributed by atoms with Gasteiger partial charge in [0.05, 0.1) is 15.5 Å². The van der Waals surface area contributed by atoms with Crippen molar-refractivity contribution in [3.8, 4) is 5.75 Å². The second-order valence-corrected chi connectivity index (χ2v) is 7.39. The third kappa shape index (κ3) is 4.94. The van der Waals surface area contributed by atoms with Crippen LogP contribution in [-0.2, 0) is 14.8 Å². The Hall–Kier alpha value is -3.14. The highest BCUT2D eigenvalue weighted by atomic mass is 32.2. The number of nitrogens with zero attached hydrogens (tertiary/aromatic N) is 1. The zero-order chi connectivity index (χ0) is 20.2. The Bertz CT molecular complexity index is 957. The van der Waals surface area contributed by atoms with Gasteiger partial charge in [0, 0.05) is 19.2 Å². The van der Waals surface area contributed by atoms with Crippen molar-refractivity contribution >= 4 is 27.3 Å². The number of aryl methyl sites for hydroxylation is 1. The first-order chi connectivity index (χ1) is 12.6. The van der Waals surface area contributed by atoms with E-state index in [2.05, 4.69) is 10.0 Å². The average molecular weight is 393 g/mol. The normalized spacial score (nSPS) is 12.1. The molecule has 2 N–H and O–H groups in total. The summed E-state index contributed by atoms with van der Waals surface area (Å²) in [6, 6.07) is 9.42. The summed E-state index contributed by atoms with van der Waals surface area (Å²) in [5.41, 5.74) is 0.450. The summed E-state index contributed by atoms with van der Waals surface area (Å²) in [5.74, 6) is 0.0195. The molecule has 2 aromatic rings. The number of carbonyl (C=O) groups is 1. The van der Waals surface area contributed by atoms with Gasteiger partial charge >= 0.3 is 0 Å². The Morgan fingerprint density at radius 3 is 2.37 bits per heavy atom. The monoisotopic (exact) mass is 393 g/mol. The van der Waals surface area contributed by atoms with Gasteiger partial charge in [-0.25, -0.2) is 8.42 Å². The van der Waals surface area contributed by atoms with Crippen molar-refractivity contribution in [1.29, 1.82) is 0 Å². The van der Waals surface area contributed by atoms with E-state index in [-0.39, 0.29) is 22.2 Å². The van der Waals surface area contributed by atoms with E-state index in [1.807, 2.05) is 0 Å². The van der Waals surface area contributed by atoms with E-state index in [0.717, 1.165) is 6.07 Å². The lowest BCUT2D eigenvalue weighted by Crippen LogP contribution is -2.33. The number of non-ortho nitro benzene ring substituents is 1. The van der Waals surface area contributed by atoms with Crippen LogP contribution in [0.3, 0.4) is 0 Å². The van der Waals surface area contributed by atoms with E-state index in [1.165, 1.54) is 43.4 Å². The summed E-state index contributed by atoms with van der Waals surface area (Å²) >= 11 is 0. The number of nitro groups is 1. The SMILES string of the molecule is CNC(=O)[C@@H](C)Oc1ccc(S(=O)(=O)Nc2cc([N+](=O)[O-])ccc2C)cc1. The van der Waals surface area contributed by atoms with Gasteiger partial charge in [0.1, 0.15) is 5.75 Å². The van der Waals surface area contributed by atoms with Gasteiger partial charge in [-0.1, -0.05) is 6.07 Å². The molecule has 10 heteroatoms. The molecule has 0 heterocycles. The number of anilines is 1. The van der Waals surface area contributed by atoms with Crippen LogP contribution in [0.2, 0.25) is 0 Å². The van der Waals surface area contributed by atoms with Crippen molar-refractivity contribution in [2.24, 2.45) is 0 Å². The zero-order valence-corrected chi connectivity index (χ0v) is 15.7. The second-order valence-electron chi connectivity index (χ2n) is 5.71. The smallest absolute Gasteiger partial charge is 0.271 e. The van der Waals surface area contributed by atoms with E-state index in [4.69, 9.17) is 4.74 Å². The minimum Gasteiger partial charge on any atom is -0.481 e. The minimum absolute atomic E-state index is 0.0478. The molecule has 27 heavy (non-hydrogen) atoms. The van der Waals surface area contributed by atoms with Crippen LogP contribution in [0, 0.1) is 17.0 Å². The van der Waals surface area contributed by atoms with Crippen molar-refractivity contribution < 1.29 is 22.9 Å². The summed E-state index contributed by atoms with van der Waals surface area (Å²) in [6.45, 7) is 3.20. The Morgan fingerprint density at radius 2 is 1.81 bits per heavy atom. The fraction of sp³-hybridized carbons (Fsp3) is 0.235. The van der Waals surface area contributed by atoms with Gasteiger partial charge in [-0.05, 0) is 43.7 Å². The van der Waals surface area contributed by atoms with Gasteiger partial charge in [-0.2, -0.15) is 0 Å². The molecule has 2 rings (SSSR count). The first-order valence-electron chi connectivity index (χ1n) is 7.90. The van der Waals surface area contributed by atoms with Gasteiger partial charge in [0.2, 0.25) is 0 Å². The predicted octanol–water partition coefficient (Wildman–Crippen LogP) is 2.22. The number of carbonyl (C=O) groups excluding carboxylic acids is 1. The van der Waals surface area contributed by atoms with E-state index in [0.29, 0.717) is 11.3 Å². The third-order valence-electron chi connectivity index (χ3n) is 3.74. The van der Waals surface area contributed by atoms with Crippen LogP contribution >= 0.6 is 0 Å². The Kier molecular flexibility index (Phi) is 6.01. The summed E-state index contributed by atoms with van der Waals surface area (Å²) in [7, 11) is -2.47. The van der Waals surface area contributed by atoms with Crippen LogP contribution in [0.1, 0.15) is 12.5 Å². The fourth-order valence-corrected chi connectivity index (χ4v) is 3.32. The maximum atomic E-state index is 12.5. The van der Waals surface area contributed by atoms with E-state index in [1.54, 1.807) is 13.8 Å². The fourth-order valence-electron chi connectivity index (χ4n) is 2.20. The Morgan fingerprint density at radius 1 is 1.19 bits per heavy atom. The molecule has 0 radical (unpaired) electrons. The topological polar surface area (TPSA) is 128 Å². The highest BCUT2D eigenvalue weighted by Gasteiger charge is 2.18. The summed E-state index contributed by atoms with van der Waals surface area (Å²) in [6.07, 6.45) is -0.733. The molecule has 0 aromatic heterocycles. The molecule has 0 bridgehead atoms. The minimum atomic E-state index is -3.95. The summed E-state index contributed by atoms with van der Waals surface area (Å²) in [4.78, 5) is 21.7. The number of nitrogens with one attached hydrogen (secondary N) is 2. The van der Waals surface area contributed by atoms with Crippen LogP contribution in [0.5, 0.6) is 5.75 Å². The predicted molar refractivity (Wildman–Crippen MR) is 99.2 cm³/mol. The number of hydrogen-bond acceptors (Lipinski definition) is 6. The molecule has 1 atom stereocenters. The first-order valence-corrected chi connectivity index (χ1v) is 9.38. The standard InChI is InChI=1S/C17H19N3O6S/c1-11-4-5-13(20(22)23)10-16(11)19-27(24,25)15-8-6-14(7-9-15)26-12(2)17(21)18-3/h4-10,12,19H,1-3H3,(H,18,21)/t12-/m1/s1. The lowest BCUT2D eigenvalue weighted by Gasteiger charge is -2.14. The number of ether oxygens (including phenoxy) is 1. The Balaban J connectivity index is 2.21. The van der Waals surface area contributed by atoms with Crippen molar-refractivity contribution in [1.82, 2.24) is 5.32 Å². The maximum absolute atomic E-state index is 12.5. The van der Waals surface area contributed by atoms with Crippen LogP contribution < -0.4 is 14.8 Å². The average Bonchev–Trinajstić information content (AvgIpc) is 2.62. The molecular formula is C17H19N3O6S. The van der Waals surface area contributed by atoms with Gasteiger partial charge in [-0.15, -0.1) is 0 Å². The molecule has 0 fully saturated rings. The van der Waals surface area contributed by atoms with Crippen LogP contribution in [0.4, 0.5) is 11.4 Å². The molecule has 0 spiro atoms. The van der Waals surface area contributed by atoms with E-state index < -0.39 is 21.1 Å². The van der Waals surface area contributed by atoms with Crippen molar-refractivity contribution in [2.45, 2.75) is 24.8 Å². The molecule has 144 valence electrons. The number of benzene rings is 2. The number of nitro benzene ring substituents is 1. The van der Waals surface area contributed by atoms with E-state index in [9.17, 15) is 23.3 Å². The van der Waals surface area contributed by atoms with Gasteiger partial charge in [0.15, 0.2) is 6.10 Å². The first kappa shape index (κ1) is 20.2. The number of rotatable bonds is 7. The number of likely N-dealkylation sites (N-methyl/N-ethyl adjacent to an activating group) is 1. The van der Waals surface area contributed by atoms with Crippen LogP contribution in [0.25, 0.3) is 0 Å². The number of sulfonamides is 1. The molecule has 0 unspecified atom stereocenters. The molecular weight excluding hydrogens is 374 g/mol. The van der Waals surface area contributed by atoms with Crippen LogP contribution in [-0.4, -0.2) is 32.4 Å². The van der Waals surface area contributed by atoms with Crippen molar-refractivity contribution in [3.05, 3.63) is 58.1 Å². The molecule has 0 saturated heterocycles. The number of hydrogen-bond donors (Lipinski definition) is 2. The molecule has 0 saturated carbocycles. The molecule has 9 nitrogen and oxygen atoms in total. The van der Waals surface area contributed by atoms with Gasteiger partial charge in [-0.3, -0.25) is 19.6 Å². The van der Waals surface area contributed by atoms with Crippen LogP contribution in [0.15, 0.2) is 47.4 Å². The summed E-state index contributed by atoms with van der Waals surface area (Å²) < 4.78 is 32.8. The largest absolute Gasteiger partial charge is 0.481 e. The lowest BCUT2D eigenvalue weighted by molar-refractivity contribution is -0.384. The maximum Gasteiger partial charge on any atom is 0.271 e. The van der Waals surface area contributed by atoms with E-state index >= 15 is 0 Å². The molecule has 0 aliphatic rings. The number of amides is 1. The van der Waals surface area contributed by atoms with Crippen molar-refractivity contribution in [2.75, 3.05) is 11.8 Å². The second kappa shape index (κ2) is 8.04. The highest BCUT2D eigenvalue weighted by Crippen LogP contribution is 2.25.